The fourth-order valence-electron chi connectivity index (χ4n) is 2.31. The molecule has 1 fully saturated rings. The number of piperidine rings is 1. The van der Waals surface area contributed by atoms with Crippen molar-refractivity contribution in [3.63, 3.8) is 0 Å². The number of carboxylic acids is 1. The molecule has 0 unspecified atom stereocenters. The lowest BCUT2D eigenvalue weighted by molar-refractivity contribution is -0.133. The summed E-state index contributed by atoms with van der Waals surface area (Å²) in [5.41, 5.74) is 0. The maximum Gasteiger partial charge on any atom is 0.313 e. The molecule has 0 bridgehead atoms. The van der Waals surface area contributed by atoms with Crippen molar-refractivity contribution in [3.05, 3.63) is 5.82 Å². The van der Waals surface area contributed by atoms with Gasteiger partial charge in [-0.25, -0.2) is 0 Å². The molecular weight excluding hydrogens is 264 g/mol. The van der Waals surface area contributed by atoms with Crippen LogP contribution in [0.3, 0.4) is 0 Å². The molecule has 0 saturated carbocycles. The lowest BCUT2D eigenvalue weighted by atomic mass is 9.97. The Bertz CT molecular complexity index is 441. The summed E-state index contributed by atoms with van der Waals surface area (Å²) >= 11 is 1.24. The predicted molar refractivity (Wildman–Crippen MR) is 73.3 cm³/mol. The Hall–Kier alpha value is -1.08. The Morgan fingerprint density at radius 1 is 1.42 bits per heavy atom. The van der Waals surface area contributed by atoms with Crippen LogP contribution in [0.2, 0.25) is 0 Å². The SMILES string of the molecule is Cc1nnc(SCC(=O)O)n1CC1CCN(C)CC1. The maximum atomic E-state index is 10.6. The van der Waals surface area contributed by atoms with Gasteiger partial charge in [-0.15, -0.1) is 10.2 Å². The van der Waals surface area contributed by atoms with Gasteiger partial charge in [-0.3, -0.25) is 4.79 Å². The van der Waals surface area contributed by atoms with E-state index in [1.165, 1.54) is 24.6 Å². The Morgan fingerprint density at radius 2 is 2.11 bits per heavy atom. The Balaban J connectivity index is 1.98. The molecule has 1 saturated heterocycles. The van der Waals surface area contributed by atoms with E-state index >= 15 is 0 Å². The van der Waals surface area contributed by atoms with Gasteiger partial charge < -0.3 is 14.6 Å². The van der Waals surface area contributed by atoms with Crippen LogP contribution in [-0.2, 0) is 11.3 Å². The van der Waals surface area contributed by atoms with Crippen molar-refractivity contribution in [3.8, 4) is 0 Å². The van der Waals surface area contributed by atoms with Crippen LogP contribution in [0, 0.1) is 12.8 Å². The van der Waals surface area contributed by atoms with Crippen LogP contribution >= 0.6 is 11.8 Å². The van der Waals surface area contributed by atoms with Crippen LogP contribution < -0.4 is 0 Å². The topological polar surface area (TPSA) is 71.2 Å². The van der Waals surface area contributed by atoms with Crippen LogP contribution in [0.25, 0.3) is 0 Å². The number of thioether (sulfide) groups is 1. The molecule has 0 radical (unpaired) electrons. The van der Waals surface area contributed by atoms with E-state index in [0.717, 1.165) is 30.6 Å². The van der Waals surface area contributed by atoms with E-state index in [1.54, 1.807) is 0 Å². The van der Waals surface area contributed by atoms with Crippen molar-refractivity contribution in [2.45, 2.75) is 31.5 Å². The zero-order valence-corrected chi connectivity index (χ0v) is 12.2. The summed E-state index contributed by atoms with van der Waals surface area (Å²) in [7, 11) is 2.15. The van der Waals surface area contributed by atoms with Crippen molar-refractivity contribution in [2.24, 2.45) is 5.92 Å². The zero-order valence-electron chi connectivity index (χ0n) is 11.4. The lowest BCUT2D eigenvalue weighted by Gasteiger charge is -2.29. The third-order valence-corrected chi connectivity index (χ3v) is 4.46. The summed E-state index contributed by atoms with van der Waals surface area (Å²) in [5.74, 6) is 0.712. The second-order valence-corrected chi connectivity index (χ2v) is 6.01. The minimum atomic E-state index is -0.823. The molecule has 2 heterocycles. The van der Waals surface area contributed by atoms with Crippen molar-refractivity contribution in [2.75, 3.05) is 25.9 Å². The zero-order chi connectivity index (χ0) is 13.8. The van der Waals surface area contributed by atoms with Gasteiger partial charge in [-0.2, -0.15) is 0 Å². The Kier molecular flexibility index (Phi) is 4.81. The standard InChI is InChI=1S/C12H20N4O2S/c1-9-13-14-12(19-8-11(17)18)16(9)7-10-3-5-15(2)6-4-10/h10H,3-8H2,1-2H3,(H,17,18). The summed E-state index contributed by atoms with van der Waals surface area (Å²) in [6, 6.07) is 0. The monoisotopic (exact) mass is 284 g/mol. The predicted octanol–water partition coefficient (Wildman–Crippen LogP) is 1.11. The van der Waals surface area contributed by atoms with Crippen molar-refractivity contribution >= 4 is 17.7 Å². The first-order chi connectivity index (χ1) is 9.06. The van der Waals surface area contributed by atoms with Gasteiger partial charge >= 0.3 is 5.97 Å². The average molecular weight is 284 g/mol. The third-order valence-electron chi connectivity index (χ3n) is 3.51. The number of nitrogens with zero attached hydrogens (tertiary/aromatic N) is 4. The molecular formula is C12H20N4O2S. The molecule has 1 aromatic heterocycles. The number of likely N-dealkylation sites (tertiary alicyclic amines) is 1. The molecule has 0 aliphatic carbocycles. The summed E-state index contributed by atoms with van der Waals surface area (Å²) in [6.07, 6.45) is 2.36. The van der Waals surface area contributed by atoms with Gasteiger partial charge in [0.15, 0.2) is 5.16 Å². The molecule has 0 spiro atoms. The summed E-state index contributed by atoms with van der Waals surface area (Å²) in [6.45, 7) is 5.08. The molecule has 106 valence electrons. The first kappa shape index (κ1) is 14.3. The molecule has 1 aliphatic rings. The van der Waals surface area contributed by atoms with Crippen molar-refractivity contribution in [1.29, 1.82) is 0 Å². The van der Waals surface area contributed by atoms with E-state index in [1.807, 2.05) is 6.92 Å². The molecule has 1 aromatic rings. The summed E-state index contributed by atoms with van der Waals surface area (Å²) < 4.78 is 2.06. The highest BCUT2D eigenvalue weighted by Gasteiger charge is 2.20. The second kappa shape index (κ2) is 6.38. The van der Waals surface area contributed by atoms with E-state index in [-0.39, 0.29) is 5.75 Å². The summed E-state index contributed by atoms with van der Waals surface area (Å²) in [5, 5.41) is 17.6. The van der Waals surface area contributed by atoms with Gasteiger partial charge in [0.05, 0.1) is 5.75 Å². The number of aryl methyl sites for hydroxylation is 1. The first-order valence-corrected chi connectivity index (χ1v) is 7.47. The normalized spacial score (nSPS) is 17.8. The van der Waals surface area contributed by atoms with Gasteiger partial charge in [-0.1, -0.05) is 11.8 Å². The molecule has 1 aliphatic heterocycles. The molecule has 7 heteroatoms. The third kappa shape index (κ3) is 3.94. The van der Waals surface area contributed by atoms with E-state index in [4.69, 9.17) is 5.11 Å². The number of aromatic nitrogens is 3. The van der Waals surface area contributed by atoms with E-state index in [2.05, 4.69) is 26.7 Å². The van der Waals surface area contributed by atoms with Gasteiger partial charge in [0.25, 0.3) is 0 Å². The van der Waals surface area contributed by atoms with E-state index < -0.39 is 5.97 Å². The average Bonchev–Trinajstić information content (AvgIpc) is 2.71. The van der Waals surface area contributed by atoms with Gasteiger partial charge in [0.1, 0.15) is 5.82 Å². The highest BCUT2D eigenvalue weighted by Crippen LogP contribution is 2.23. The van der Waals surface area contributed by atoms with Crippen LogP contribution in [0.5, 0.6) is 0 Å². The van der Waals surface area contributed by atoms with Crippen molar-refractivity contribution < 1.29 is 9.90 Å². The van der Waals surface area contributed by atoms with Crippen LogP contribution in [0.4, 0.5) is 0 Å². The fraction of sp³-hybridized carbons (Fsp3) is 0.750. The minimum absolute atomic E-state index is 0.0333. The smallest absolute Gasteiger partial charge is 0.313 e. The van der Waals surface area contributed by atoms with Gasteiger partial charge in [-0.05, 0) is 45.8 Å². The van der Waals surface area contributed by atoms with E-state index in [0.29, 0.717) is 5.92 Å². The number of carbonyl (C=O) groups is 1. The van der Waals surface area contributed by atoms with Crippen LogP contribution in [0.15, 0.2) is 5.16 Å². The molecule has 2 rings (SSSR count). The highest BCUT2D eigenvalue weighted by molar-refractivity contribution is 7.99. The number of hydrogen-bond donors (Lipinski definition) is 1. The Labute approximate surface area is 117 Å². The minimum Gasteiger partial charge on any atom is -0.481 e. The number of rotatable bonds is 5. The number of aliphatic carboxylic acids is 1. The van der Waals surface area contributed by atoms with Gasteiger partial charge in [0, 0.05) is 6.54 Å². The molecule has 0 atom stereocenters. The Morgan fingerprint density at radius 3 is 2.74 bits per heavy atom. The molecule has 0 amide bonds. The molecule has 1 N–H and O–H groups in total. The second-order valence-electron chi connectivity index (χ2n) is 5.07. The van der Waals surface area contributed by atoms with Crippen LogP contribution in [0.1, 0.15) is 18.7 Å². The van der Waals surface area contributed by atoms with Crippen LogP contribution in [-0.4, -0.2) is 56.6 Å². The largest absolute Gasteiger partial charge is 0.481 e. The maximum absolute atomic E-state index is 10.6. The van der Waals surface area contributed by atoms with E-state index in [9.17, 15) is 4.79 Å². The molecule has 19 heavy (non-hydrogen) atoms. The van der Waals surface area contributed by atoms with Gasteiger partial charge in [0.2, 0.25) is 0 Å². The first-order valence-electron chi connectivity index (χ1n) is 6.49. The highest BCUT2D eigenvalue weighted by atomic mass is 32.2. The molecule has 6 nitrogen and oxygen atoms in total. The fourth-order valence-corrected chi connectivity index (χ4v) is 3.02. The number of hydrogen-bond acceptors (Lipinski definition) is 5. The van der Waals surface area contributed by atoms with Crippen molar-refractivity contribution in [1.82, 2.24) is 19.7 Å². The molecule has 0 aromatic carbocycles. The lowest BCUT2D eigenvalue weighted by Crippen LogP contribution is -2.32. The summed E-state index contributed by atoms with van der Waals surface area (Å²) in [4.78, 5) is 13.0. The quantitative estimate of drug-likeness (QED) is 0.817. The number of carboxylic acid groups (broad SMARTS) is 1.